The largest absolute Gasteiger partial charge is 0.506 e. The van der Waals surface area contributed by atoms with E-state index in [1.807, 2.05) is 37.3 Å². The van der Waals surface area contributed by atoms with Crippen LogP contribution in [-0.4, -0.2) is 16.0 Å². The molecule has 4 heteroatoms. The second-order valence-electron chi connectivity index (χ2n) is 5.22. The number of benzene rings is 2. The summed E-state index contributed by atoms with van der Waals surface area (Å²) in [5.41, 5.74) is 2.92. The van der Waals surface area contributed by atoms with E-state index < -0.39 is 0 Å². The summed E-state index contributed by atoms with van der Waals surface area (Å²) in [6.45, 7) is 2.46. The maximum absolute atomic E-state index is 12.2. The number of carbonyl (C=O) groups is 1. The van der Waals surface area contributed by atoms with Crippen molar-refractivity contribution < 1.29 is 9.90 Å². The lowest BCUT2D eigenvalue weighted by Crippen LogP contribution is -2.23. The Bertz CT molecular complexity index is 843. The average Bonchev–Trinajstić information content (AvgIpc) is 2.53. The Labute approximate surface area is 128 Å². The fourth-order valence-corrected chi connectivity index (χ4v) is 2.35. The van der Waals surface area contributed by atoms with Gasteiger partial charge in [-0.15, -0.1) is 0 Å². The van der Waals surface area contributed by atoms with E-state index in [0.29, 0.717) is 17.8 Å². The number of nitrogens with zero attached hydrogens (tertiary/aromatic N) is 1. The number of phenolic OH excluding ortho intramolecular Hbond substituents is 1. The molecule has 2 aromatic carbocycles. The molecule has 3 rings (SSSR count). The van der Waals surface area contributed by atoms with Gasteiger partial charge in [0.15, 0.2) is 0 Å². The van der Waals surface area contributed by atoms with Gasteiger partial charge < -0.3 is 10.4 Å². The van der Waals surface area contributed by atoms with Crippen LogP contribution in [0.15, 0.2) is 54.6 Å². The standard InChI is InChI=1S/C18H16N2O2/c1-12-4-2-5-13(10-12)11-19-18(22)15-9-8-14-6-3-7-16(21)17(14)20-15/h2-10,21H,11H2,1H3,(H,19,22). The topological polar surface area (TPSA) is 62.2 Å². The second kappa shape index (κ2) is 5.85. The molecular formula is C18H16N2O2. The van der Waals surface area contributed by atoms with Crippen molar-refractivity contribution in [3.8, 4) is 5.75 Å². The van der Waals surface area contributed by atoms with Crippen molar-refractivity contribution in [3.05, 3.63) is 71.4 Å². The van der Waals surface area contributed by atoms with E-state index in [9.17, 15) is 9.90 Å². The summed E-state index contributed by atoms with van der Waals surface area (Å²) in [7, 11) is 0. The van der Waals surface area contributed by atoms with E-state index in [2.05, 4.69) is 10.3 Å². The molecule has 0 spiro atoms. The third-order valence-electron chi connectivity index (χ3n) is 3.47. The molecule has 0 bridgehead atoms. The number of phenols is 1. The van der Waals surface area contributed by atoms with Crippen molar-refractivity contribution in [2.45, 2.75) is 13.5 Å². The maximum atomic E-state index is 12.2. The lowest BCUT2D eigenvalue weighted by molar-refractivity contribution is 0.0946. The van der Waals surface area contributed by atoms with Gasteiger partial charge in [-0.1, -0.05) is 48.0 Å². The lowest BCUT2D eigenvalue weighted by Gasteiger charge is -2.07. The normalized spacial score (nSPS) is 10.6. The first-order valence-electron chi connectivity index (χ1n) is 7.06. The third kappa shape index (κ3) is 2.91. The average molecular weight is 292 g/mol. The van der Waals surface area contributed by atoms with Crippen LogP contribution in [0.5, 0.6) is 5.75 Å². The van der Waals surface area contributed by atoms with Gasteiger partial charge in [0.25, 0.3) is 5.91 Å². The van der Waals surface area contributed by atoms with Crippen molar-refractivity contribution >= 4 is 16.8 Å². The summed E-state index contributed by atoms with van der Waals surface area (Å²) >= 11 is 0. The van der Waals surface area contributed by atoms with Crippen molar-refractivity contribution in [2.75, 3.05) is 0 Å². The van der Waals surface area contributed by atoms with Gasteiger partial charge in [0.1, 0.15) is 17.0 Å². The van der Waals surface area contributed by atoms with E-state index >= 15 is 0 Å². The molecule has 0 fully saturated rings. The molecule has 110 valence electrons. The fourth-order valence-electron chi connectivity index (χ4n) is 2.35. The van der Waals surface area contributed by atoms with E-state index in [1.165, 1.54) is 0 Å². The van der Waals surface area contributed by atoms with Crippen LogP contribution in [0.1, 0.15) is 21.6 Å². The number of nitrogens with one attached hydrogen (secondary N) is 1. The number of aromatic hydroxyl groups is 1. The van der Waals surface area contributed by atoms with Crippen molar-refractivity contribution in [1.82, 2.24) is 10.3 Å². The number of amides is 1. The first kappa shape index (κ1) is 14.1. The molecule has 0 saturated carbocycles. The van der Waals surface area contributed by atoms with Gasteiger partial charge in [0, 0.05) is 11.9 Å². The highest BCUT2D eigenvalue weighted by Crippen LogP contribution is 2.22. The SMILES string of the molecule is Cc1cccc(CNC(=O)c2ccc3cccc(O)c3n2)c1. The number of fused-ring (bicyclic) bond motifs is 1. The molecule has 0 aliphatic rings. The Kier molecular flexibility index (Phi) is 3.74. The Morgan fingerprint density at radius 2 is 1.95 bits per heavy atom. The number of hydrogen-bond acceptors (Lipinski definition) is 3. The molecule has 0 atom stereocenters. The molecule has 22 heavy (non-hydrogen) atoms. The van der Waals surface area contributed by atoms with Crippen LogP contribution in [0.3, 0.4) is 0 Å². The zero-order valence-corrected chi connectivity index (χ0v) is 12.2. The highest BCUT2D eigenvalue weighted by molar-refractivity contribution is 5.95. The van der Waals surface area contributed by atoms with Gasteiger partial charge in [0.2, 0.25) is 0 Å². The van der Waals surface area contributed by atoms with E-state index in [-0.39, 0.29) is 11.7 Å². The summed E-state index contributed by atoms with van der Waals surface area (Å²) in [6.07, 6.45) is 0. The van der Waals surface area contributed by atoms with Crippen molar-refractivity contribution in [2.24, 2.45) is 0 Å². The van der Waals surface area contributed by atoms with Crippen LogP contribution in [-0.2, 0) is 6.54 Å². The molecule has 1 aromatic heterocycles. The number of pyridine rings is 1. The predicted octanol–water partition coefficient (Wildman–Crippen LogP) is 3.18. The molecule has 0 aliphatic carbocycles. The van der Waals surface area contributed by atoms with Gasteiger partial charge in [-0.25, -0.2) is 4.98 Å². The summed E-state index contributed by atoms with van der Waals surface area (Å²) in [4.78, 5) is 16.4. The highest BCUT2D eigenvalue weighted by atomic mass is 16.3. The number of hydrogen-bond donors (Lipinski definition) is 2. The minimum absolute atomic E-state index is 0.0748. The quantitative estimate of drug-likeness (QED) is 0.779. The van der Waals surface area contributed by atoms with Gasteiger partial charge in [-0.3, -0.25) is 4.79 Å². The molecule has 3 aromatic rings. The monoisotopic (exact) mass is 292 g/mol. The van der Waals surface area contributed by atoms with Crippen LogP contribution < -0.4 is 5.32 Å². The van der Waals surface area contributed by atoms with Crippen LogP contribution >= 0.6 is 0 Å². The molecule has 0 aliphatic heterocycles. The Morgan fingerprint density at radius 3 is 2.77 bits per heavy atom. The van der Waals surface area contributed by atoms with Crippen LogP contribution in [0.25, 0.3) is 10.9 Å². The zero-order valence-electron chi connectivity index (χ0n) is 12.2. The number of rotatable bonds is 3. The van der Waals surface area contributed by atoms with E-state index in [4.69, 9.17) is 0 Å². The fraction of sp³-hybridized carbons (Fsp3) is 0.111. The molecule has 1 amide bonds. The van der Waals surface area contributed by atoms with Crippen molar-refractivity contribution in [3.63, 3.8) is 0 Å². The minimum Gasteiger partial charge on any atom is -0.506 e. The van der Waals surface area contributed by atoms with Gasteiger partial charge in [-0.2, -0.15) is 0 Å². The van der Waals surface area contributed by atoms with Crippen LogP contribution in [0.4, 0.5) is 0 Å². The molecule has 0 radical (unpaired) electrons. The van der Waals surface area contributed by atoms with E-state index in [0.717, 1.165) is 16.5 Å². The Morgan fingerprint density at radius 1 is 1.14 bits per heavy atom. The number of carbonyl (C=O) groups excluding carboxylic acids is 1. The number of para-hydroxylation sites is 1. The summed E-state index contributed by atoms with van der Waals surface area (Å²) in [5.74, 6) is -0.183. The van der Waals surface area contributed by atoms with Gasteiger partial charge in [-0.05, 0) is 24.6 Å². The minimum atomic E-state index is -0.258. The third-order valence-corrected chi connectivity index (χ3v) is 3.47. The molecule has 0 unspecified atom stereocenters. The smallest absolute Gasteiger partial charge is 0.270 e. The molecular weight excluding hydrogens is 276 g/mol. The number of aromatic nitrogens is 1. The second-order valence-corrected chi connectivity index (χ2v) is 5.22. The van der Waals surface area contributed by atoms with Crippen molar-refractivity contribution in [1.29, 1.82) is 0 Å². The lowest BCUT2D eigenvalue weighted by atomic mass is 10.1. The van der Waals surface area contributed by atoms with E-state index in [1.54, 1.807) is 24.3 Å². The maximum Gasteiger partial charge on any atom is 0.270 e. The summed E-state index contributed by atoms with van der Waals surface area (Å²) in [5, 5.41) is 13.5. The summed E-state index contributed by atoms with van der Waals surface area (Å²) in [6, 6.07) is 16.6. The molecule has 1 heterocycles. The molecule has 2 N–H and O–H groups in total. The van der Waals surface area contributed by atoms with Gasteiger partial charge in [0.05, 0.1) is 0 Å². The first-order chi connectivity index (χ1) is 10.6. The first-order valence-corrected chi connectivity index (χ1v) is 7.06. The summed E-state index contributed by atoms with van der Waals surface area (Å²) < 4.78 is 0. The molecule has 4 nitrogen and oxygen atoms in total. The zero-order chi connectivity index (χ0) is 15.5. The van der Waals surface area contributed by atoms with Crippen LogP contribution in [0.2, 0.25) is 0 Å². The predicted molar refractivity (Wildman–Crippen MR) is 85.8 cm³/mol. The molecule has 0 saturated heterocycles. The number of aryl methyl sites for hydroxylation is 1. The highest BCUT2D eigenvalue weighted by Gasteiger charge is 2.09. The van der Waals surface area contributed by atoms with Crippen LogP contribution in [0, 0.1) is 6.92 Å². The van der Waals surface area contributed by atoms with Gasteiger partial charge >= 0.3 is 0 Å². The Hall–Kier alpha value is -2.88. The Balaban J connectivity index is 1.79.